The van der Waals surface area contributed by atoms with Gasteiger partial charge in [-0.2, -0.15) is 0 Å². The summed E-state index contributed by atoms with van der Waals surface area (Å²) in [7, 11) is 5.73. The van der Waals surface area contributed by atoms with E-state index in [1.165, 1.54) is 7.11 Å². The fraction of sp³-hybridized carbons (Fsp3) is 0.500. The number of fused-ring (bicyclic) bond motifs is 2. The van der Waals surface area contributed by atoms with Crippen molar-refractivity contribution in [1.82, 2.24) is 0 Å². The predicted molar refractivity (Wildman–Crippen MR) is 117 cm³/mol. The van der Waals surface area contributed by atoms with E-state index in [1.54, 1.807) is 24.3 Å². The molecule has 2 aliphatic rings. The third-order valence-electron chi connectivity index (χ3n) is 6.99. The van der Waals surface area contributed by atoms with Crippen LogP contribution < -0.4 is 4.74 Å². The number of carbonyl (C=O) groups excluding carboxylic acids is 4. The normalized spacial score (nSPS) is 29.6. The molecule has 2 N–H and O–H groups in total. The van der Waals surface area contributed by atoms with Crippen LogP contribution in [0.4, 0.5) is 0 Å². The van der Waals surface area contributed by atoms with Gasteiger partial charge < -0.3 is 33.9 Å². The lowest BCUT2D eigenvalue weighted by atomic mass is 9.49. The van der Waals surface area contributed by atoms with Gasteiger partial charge in [0.1, 0.15) is 23.0 Å². The van der Waals surface area contributed by atoms with Crippen molar-refractivity contribution in [1.29, 1.82) is 0 Å². The molecule has 0 aliphatic heterocycles. The van der Waals surface area contributed by atoms with Crippen molar-refractivity contribution < 1.29 is 53.1 Å². The van der Waals surface area contributed by atoms with Gasteiger partial charge in [-0.3, -0.25) is 14.4 Å². The molecule has 0 radical (unpaired) electrons. The maximum Gasteiger partial charge on any atom is 0.337 e. The molecule has 0 spiro atoms. The van der Waals surface area contributed by atoms with E-state index in [9.17, 15) is 29.4 Å². The zero-order chi connectivity index (χ0) is 26.1. The number of aliphatic hydroxyl groups is 2. The van der Waals surface area contributed by atoms with Crippen LogP contribution in [0.1, 0.15) is 17.9 Å². The molecular weight excluding hydrogens is 464 g/mol. The summed E-state index contributed by atoms with van der Waals surface area (Å²) in [5, 5.41) is 23.3. The molecule has 1 aromatic carbocycles. The topological polar surface area (TPSA) is 155 Å². The second kappa shape index (κ2) is 9.95. The van der Waals surface area contributed by atoms with Gasteiger partial charge in [0.25, 0.3) is 0 Å². The van der Waals surface area contributed by atoms with E-state index in [1.807, 2.05) is 0 Å². The average molecular weight is 492 g/mol. The van der Waals surface area contributed by atoms with Crippen LogP contribution in [-0.2, 0) is 38.1 Å². The van der Waals surface area contributed by atoms with Gasteiger partial charge in [0.2, 0.25) is 0 Å². The quantitative estimate of drug-likeness (QED) is 0.430. The van der Waals surface area contributed by atoms with Crippen molar-refractivity contribution in [2.75, 3.05) is 35.5 Å². The first-order chi connectivity index (χ1) is 16.6. The van der Waals surface area contributed by atoms with Gasteiger partial charge in [0.05, 0.1) is 53.0 Å². The van der Waals surface area contributed by atoms with Crippen LogP contribution in [0.2, 0.25) is 0 Å². The minimum Gasteiger partial charge on any atom is -0.511 e. The fourth-order valence-corrected chi connectivity index (χ4v) is 5.52. The van der Waals surface area contributed by atoms with Crippen molar-refractivity contribution in [3.63, 3.8) is 0 Å². The first kappa shape index (κ1) is 26.0. The van der Waals surface area contributed by atoms with E-state index in [0.29, 0.717) is 11.3 Å². The summed E-state index contributed by atoms with van der Waals surface area (Å²) in [5.74, 6) is -11.5. The summed E-state index contributed by atoms with van der Waals surface area (Å²) in [6.45, 7) is 0. The molecule has 190 valence electrons. The summed E-state index contributed by atoms with van der Waals surface area (Å²) < 4.78 is 24.7. The molecule has 1 fully saturated rings. The SMILES string of the molecule is COC(=O)C1=C(O)C(C(=O)OC)[C@]2(O)[C@H](C(=O)OC)[C@H]1C[C@@H](c1ccc(OC)cc1)[C@H]2C(=O)OC. The van der Waals surface area contributed by atoms with E-state index in [0.717, 1.165) is 28.4 Å². The summed E-state index contributed by atoms with van der Waals surface area (Å²) >= 11 is 0. The zero-order valence-corrected chi connectivity index (χ0v) is 20.0. The van der Waals surface area contributed by atoms with E-state index in [4.69, 9.17) is 23.7 Å². The number of aliphatic hydroxyl groups excluding tert-OH is 1. The highest BCUT2D eigenvalue weighted by Gasteiger charge is 2.71. The Morgan fingerprint density at radius 3 is 1.77 bits per heavy atom. The Morgan fingerprint density at radius 1 is 0.800 bits per heavy atom. The summed E-state index contributed by atoms with van der Waals surface area (Å²) in [5.41, 5.74) is -2.39. The number of rotatable bonds is 6. The van der Waals surface area contributed by atoms with Crippen molar-refractivity contribution in [3.8, 4) is 5.75 Å². The Hall–Kier alpha value is -3.60. The number of ether oxygens (including phenoxy) is 5. The first-order valence-electron chi connectivity index (χ1n) is 10.7. The van der Waals surface area contributed by atoms with E-state index in [-0.39, 0.29) is 12.0 Å². The molecule has 0 aromatic heterocycles. The molecule has 6 atom stereocenters. The van der Waals surface area contributed by atoms with Crippen LogP contribution in [0.15, 0.2) is 35.6 Å². The number of carbonyl (C=O) groups is 4. The zero-order valence-electron chi connectivity index (χ0n) is 20.0. The Bertz CT molecular complexity index is 1040. The molecule has 3 rings (SSSR count). The van der Waals surface area contributed by atoms with Crippen LogP contribution in [-0.4, -0.2) is 75.2 Å². The highest BCUT2D eigenvalue weighted by atomic mass is 16.5. The van der Waals surface area contributed by atoms with Gasteiger partial charge in [-0.15, -0.1) is 0 Å². The predicted octanol–water partition coefficient (Wildman–Crippen LogP) is 0.896. The van der Waals surface area contributed by atoms with Crippen LogP contribution >= 0.6 is 0 Å². The molecule has 2 bridgehead atoms. The Kier molecular flexibility index (Phi) is 7.39. The minimum atomic E-state index is -2.57. The number of hydrogen-bond donors (Lipinski definition) is 2. The Balaban J connectivity index is 2.38. The lowest BCUT2D eigenvalue weighted by Crippen LogP contribution is -2.68. The van der Waals surface area contributed by atoms with E-state index >= 15 is 0 Å². The number of methoxy groups -OCH3 is 5. The summed E-state index contributed by atoms with van der Waals surface area (Å²) in [6, 6.07) is 6.60. The van der Waals surface area contributed by atoms with Crippen molar-refractivity contribution in [2.45, 2.75) is 17.9 Å². The van der Waals surface area contributed by atoms with E-state index in [2.05, 4.69) is 0 Å². The Labute approximate surface area is 201 Å². The lowest BCUT2D eigenvalue weighted by molar-refractivity contribution is -0.208. The van der Waals surface area contributed by atoms with Crippen LogP contribution in [0.5, 0.6) is 5.75 Å². The fourth-order valence-electron chi connectivity index (χ4n) is 5.52. The van der Waals surface area contributed by atoms with Crippen molar-refractivity contribution in [2.24, 2.45) is 23.7 Å². The molecule has 0 heterocycles. The largest absolute Gasteiger partial charge is 0.511 e. The lowest BCUT2D eigenvalue weighted by Gasteiger charge is -2.55. The summed E-state index contributed by atoms with van der Waals surface area (Å²) in [6.07, 6.45) is -0.0590. The molecule has 0 amide bonds. The monoisotopic (exact) mass is 492 g/mol. The second-order valence-electron chi connectivity index (χ2n) is 8.36. The molecule has 1 saturated carbocycles. The summed E-state index contributed by atoms with van der Waals surface area (Å²) in [4.78, 5) is 51.9. The van der Waals surface area contributed by atoms with Gasteiger partial charge >= 0.3 is 23.9 Å². The third-order valence-corrected chi connectivity index (χ3v) is 6.99. The smallest absolute Gasteiger partial charge is 0.337 e. The van der Waals surface area contributed by atoms with Crippen LogP contribution in [0.25, 0.3) is 0 Å². The minimum absolute atomic E-state index is 0.0590. The van der Waals surface area contributed by atoms with Gasteiger partial charge in [-0.25, -0.2) is 4.79 Å². The molecular formula is C24H28O11. The van der Waals surface area contributed by atoms with Crippen LogP contribution in [0.3, 0.4) is 0 Å². The second-order valence-corrected chi connectivity index (χ2v) is 8.36. The molecule has 0 saturated heterocycles. The number of esters is 4. The van der Waals surface area contributed by atoms with Gasteiger partial charge in [-0.1, -0.05) is 12.1 Å². The highest BCUT2D eigenvalue weighted by molar-refractivity contribution is 5.96. The number of hydrogen-bond acceptors (Lipinski definition) is 11. The van der Waals surface area contributed by atoms with Gasteiger partial charge in [0, 0.05) is 11.8 Å². The van der Waals surface area contributed by atoms with Crippen LogP contribution in [0, 0.1) is 23.7 Å². The number of benzene rings is 1. The van der Waals surface area contributed by atoms with Gasteiger partial charge in [0.15, 0.2) is 0 Å². The molecule has 1 aromatic rings. The van der Waals surface area contributed by atoms with Crippen molar-refractivity contribution in [3.05, 3.63) is 41.2 Å². The molecule has 11 nitrogen and oxygen atoms in total. The van der Waals surface area contributed by atoms with E-state index < -0.39 is 64.8 Å². The standard InChI is InChI=1S/C24H28O11/c1-31-12-8-6-11(7-9-12)13-10-14-15(20(26)32-2)19(25)18(23(29)35-5)24(30,16(13)21(27)33-3)17(14)22(28)34-4/h6-9,13-14,16-18,25,30H,10H2,1-5H3/t13-,14-,16-,17-,18?,24+/m0/s1. The molecule has 35 heavy (non-hydrogen) atoms. The highest BCUT2D eigenvalue weighted by Crippen LogP contribution is 2.60. The average Bonchev–Trinajstić information content (AvgIpc) is 2.86. The molecule has 1 unspecified atom stereocenters. The molecule has 11 heteroatoms. The van der Waals surface area contributed by atoms with Crippen molar-refractivity contribution >= 4 is 23.9 Å². The maximum absolute atomic E-state index is 13.2. The first-order valence-corrected chi connectivity index (χ1v) is 10.7. The molecule has 2 aliphatic carbocycles. The third kappa shape index (κ3) is 3.99. The maximum atomic E-state index is 13.2. The Morgan fingerprint density at radius 2 is 1.31 bits per heavy atom. The van der Waals surface area contributed by atoms with Gasteiger partial charge in [-0.05, 0) is 24.1 Å².